The van der Waals surface area contributed by atoms with Crippen molar-refractivity contribution in [1.82, 2.24) is 20.1 Å². The number of amides is 2. The normalized spacial score (nSPS) is 26.5. The summed E-state index contributed by atoms with van der Waals surface area (Å²) in [5.41, 5.74) is 4.57. The van der Waals surface area contributed by atoms with E-state index in [1.54, 1.807) is 12.3 Å². The molecule has 0 bridgehead atoms. The van der Waals surface area contributed by atoms with Crippen molar-refractivity contribution >= 4 is 29.3 Å². The van der Waals surface area contributed by atoms with Crippen molar-refractivity contribution in [3.8, 4) is 0 Å². The minimum Gasteiger partial charge on any atom is -0.338 e. The van der Waals surface area contributed by atoms with E-state index in [9.17, 15) is 9.59 Å². The molecule has 34 heavy (non-hydrogen) atoms. The Morgan fingerprint density at radius 2 is 2.06 bits per heavy atom. The second kappa shape index (κ2) is 8.81. The van der Waals surface area contributed by atoms with E-state index in [0.29, 0.717) is 30.7 Å². The second-order valence-corrected chi connectivity index (χ2v) is 9.72. The number of anilines is 1. The SMILES string of the molecule is O=C1Nc2ncc(C=CC(=O)N3CC4C=C(c5ccccc5)CC4C3)cc2CN2CCNCC12. The molecule has 0 spiro atoms. The average Bonchev–Trinajstić information content (AvgIpc) is 3.40. The van der Waals surface area contributed by atoms with Gasteiger partial charge in [0.05, 0.1) is 0 Å². The van der Waals surface area contributed by atoms with Crippen LogP contribution in [0.3, 0.4) is 0 Å². The van der Waals surface area contributed by atoms with Gasteiger partial charge in [0.1, 0.15) is 11.9 Å². The van der Waals surface area contributed by atoms with Crippen LogP contribution in [0.5, 0.6) is 0 Å². The highest BCUT2D eigenvalue weighted by Crippen LogP contribution is 2.41. The number of likely N-dealkylation sites (tertiary alicyclic amines) is 1. The number of nitrogens with zero attached hydrogens (tertiary/aromatic N) is 3. The van der Waals surface area contributed by atoms with Crippen molar-refractivity contribution in [1.29, 1.82) is 0 Å². The molecular formula is C27H29N5O2. The number of pyridine rings is 1. The van der Waals surface area contributed by atoms with E-state index in [1.165, 1.54) is 11.1 Å². The van der Waals surface area contributed by atoms with Gasteiger partial charge in [0.2, 0.25) is 11.8 Å². The molecule has 0 saturated carbocycles. The molecule has 2 aromatic rings. The maximum absolute atomic E-state index is 12.9. The van der Waals surface area contributed by atoms with Crippen LogP contribution in [0.4, 0.5) is 5.82 Å². The molecule has 174 valence electrons. The van der Waals surface area contributed by atoms with E-state index in [-0.39, 0.29) is 17.9 Å². The number of hydrogen-bond donors (Lipinski definition) is 2. The molecule has 1 aromatic heterocycles. The molecule has 1 aliphatic carbocycles. The molecule has 2 fully saturated rings. The molecule has 3 unspecified atom stereocenters. The summed E-state index contributed by atoms with van der Waals surface area (Å²) in [6.45, 7) is 4.62. The Hall–Kier alpha value is -3.29. The third-order valence-corrected chi connectivity index (χ3v) is 7.52. The van der Waals surface area contributed by atoms with Crippen LogP contribution < -0.4 is 10.6 Å². The summed E-state index contributed by atoms with van der Waals surface area (Å²) >= 11 is 0. The summed E-state index contributed by atoms with van der Waals surface area (Å²) in [5.74, 6) is 1.61. The van der Waals surface area contributed by atoms with Crippen LogP contribution in [0.2, 0.25) is 0 Å². The molecule has 4 aliphatic rings. The molecule has 3 aliphatic heterocycles. The minimum absolute atomic E-state index is 0.0130. The zero-order chi connectivity index (χ0) is 23.1. The second-order valence-electron chi connectivity index (χ2n) is 9.72. The van der Waals surface area contributed by atoms with Crippen LogP contribution in [0.15, 0.2) is 54.7 Å². The average molecular weight is 456 g/mol. The molecule has 0 radical (unpaired) electrons. The van der Waals surface area contributed by atoms with Gasteiger partial charge in [0, 0.05) is 57.1 Å². The Bertz CT molecular complexity index is 1170. The molecule has 2 amide bonds. The van der Waals surface area contributed by atoms with Crippen LogP contribution in [-0.4, -0.2) is 65.4 Å². The first-order valence-electron chi connectivity index (χ1n) is 12.1. The number of rotatable bonds is 3. The summed E-state index contributed by atoms with van der Waals surface area (Å²) < 4.78 is 0. The predicted molar refractivity (Wildman–Crippen MR) is 132 cm³/mol. The first-order chi connectivity index (χ1) is 16.6. The lowest BCUT2D eigenvalue weighted by atomic mass is 9.98. The van der Waals surface area contributed by atoms with Crippen LogP contribution in [0.1, 0.15) is 23.1 Å². The first kappa shape index (κ1) is 21.3. The van der Waals surface area contributed by atoms with Crippen LogP contribution in [0.25, 0.3) is 11.6 Å². The molecule has 6 rings (SSSR count). The summed E-state index contributed by atoms with van der Waals surface area (Å²) in [6, 6.07) is 12.4. The lowest BCUT2D eigenvalue weighted by Gasteiger charge is -2.32. The summed E-state index contributed by atoms with van der Waals surface area (Å²) in [5, 5.41) is 6.25. The van der Waals surface area contributed by atoms with E-state index in [1.807, 2.05) is 23.1 Å². The van der Waals surface area contributed by atoms with E-state index < -0.39 is 0 Å². The molecule has 2 saturated heterocycles. The third-order valence-electron chi connectivity index (χ3n) is 7.52. The Balaban J connectivity index is 1.12. The highest BCUT2D eigenvalue weighted by Gasteiger charge is 2.38. The van der Waals surface area contributed by atoms with Crippen molar-refractivity contribution in [2.24, 2.45) is 11.8 Å². The zero-order valence-electron chi connectivity index (χ0n) is 19.1. The lowest BCUT2D eigenvalue weighted by Crippen LogP contribution is -2.54. The van der Waals surface area contributed by atoms with Crippen molar-refractivity contribution in [3.63, 3.8) is 0 Å². The number of hydrogen-bond acceptors (Lipinski definition) is 5. The van der Waals surface area contributed by atoms with Gasteiger partial charge in [-0.3, -0.25) is 14.5 Å². The van der Waals surface area contributed by atoms with Gasteiger partial charge in [0.15, 0.2) is 0 Å². The van der Waals surface area contributed by atoms with Gasteiger partial charge >= 0.3 is 0 Å². The van der Waals surface area contributed by atoms with Crippen molar-refractivity contribution in [2.75, 3.05) is 38.0 Å². The van der Waals surface area contributed by atoms with E-state index in [4.69, 9.17) is 0 Å². The van der Waals surface area contributed by atoms with Crippen molar-refractivity contribution in [2.45, 2.75) is 19.0 Å². The number of carbonyl (C=O) groups is 2. The lowest BCUT2D eigenvalue weighted by molar-refractivity contribution is -0.125. The fraction of sp³-hybridized carbons (Fsp3) is 0.370. The van der Waals surface area contributed by atoms with Crippen molar-refractivity contribution < 1.29 is 9.59 Å². The molecular weight excluding hydrogens is 426 g/mol. The number of allylic oxidation sites excluding steroid dienone is 1. The van der Waals surface area contributed by atoms with E-state index >= 15 is 0 Å². The standard InChI is InChI=1S/C27H29N5O2/c33-25(32-15-21-11-20(12-22(21)16-32)19-4-2-1-3-5-19)7-6-18-10-23-17-31-9-8-28-14-24(31)27(34)30-26(23)29-13-18/h1-7,10-11,13,21-22,24,28H,8-9,12,14-17H2,(H,29,30,34). The molecule has 4 heterocycles. The Morgan fingerprint density at radius 1 is 1.18 bits per heavy atom. The summed E-state index contributed by atoms with van der Waals surface area (Å²) in [7, 11) is 0. The molecule has 7 heteroatoms. The van der Waals surface area contributed by atoms with Gasteiger partial charge < -0.3 is 15.5 Å². The van der Waals surface area contributed by atoms with Crippen LogP contribution >= 0.6 is 0 Å². The van der Waals surface area contributed by atoms with Crippen LogP contribution in [0, 0.1) is 11.8 Å². The highest BCUT2D eigenvalue weighted by molar-refractivity contribution is 5.96. The quantitative estimate of drug-likeness (QED) is 0.695. The van der Waals surface area contributed by atoms with Gasteiger partial charge in [-0.2, -0.15) is 0 Å². The van der Waals surface area contributed by atoms with Gasteiger partial charge in [0.25, 0.3) is 0 Å². The summed E-state index contributed by atoms with van der Waals surface area (Å²) in [6.07, 6.45) is 8.63. The number of nitrogens with one attached hydrogen (secondary N) is 2. The topological polar surface area (TPSA) is 77.6 Å². The van der Waals surface area contributed by atoms with E-state index in [0.717, 1.165) is 43.7 Å². The number of aromatic nitrogens is 1. The molecule has 3 atom stereocenters. The number of fused-ring (bicyclic) bond motifs is 3. The monoisotopic (exact) mass is 455 g/mol. The van der Waals surface area contributed by atoms with Crippen molar-refractivity contribution in [3.05, 3.63) is 71.4 Å². The minimum atomic E-state index is -0.172. The maximum Gasteiger partial charge on any atom is 0.246 e. The zero-order valence-corrected chi connectivity index (χ0v) is 19.1. The van der Waals surface area contributed by atoms with Gasteiger partial charge in [-0.15, -0.1) is 0 Å². The Morgan fingerprint density at radius 3 is 2.91 bits per heavy atom. The number of carbonyl (C=O) groups excluding carboxylic acids is 2. The summed E-state index contributed by atoms with van der Waals surface area (Å²) in [4.78, 5) is 34.1. The molecule has 2 N–H and O–H groups in total. The Kier molecular flexibility index (Phi) is 5.51. The number of piperazine rings is 1. The van der Waals surface area contributed by atoms with Gasteiger partial charge in [-0.25, -0.2) is 4.98 Å². The largest absolute Gasteiger partial charge is 0.338 e. The molecule has 7 nitrogen and oxygen atoms in total. The predicted octanol–water partition coefficient (Wildman–Crippen LogP) is 2.38. The third kappa shape index (κ3) is 4.06. The van der Waals surface area contributed by atoms with Gasteiger partial charge in [-0.1, -0.05) is 36.4 Å². The number of benzene rings is 1. The Labute approximate surface area is 199 Å². The maximum atomic E-state index is 12.9. The first-order valence-corrected chi connectivity index (χ1v) is 12.1. The smallest absolute Gasteiger partial charge is 0.246 e. The fourth-order valence-electron chi connectivity index (χ4n) is 5.70. The fourth-order valence-corrected chi connectivity index (χ4v) is 5.70. The molecule has 1 aromatic carbocycles. The van der Waals surface area contributed by atoms with Gasteiger partial charge in [-0.05, 0) is 47.1 Å². The van der Waals surface area contributed by atoms with E-state index in [2.05, 4.69) is 50.9 Å². The van der Waals surface area contributed by atoms with Crippen LogP contribution in [-0.2, 0) is 16.1 Å². The highest BCUT2D eigenvalue weighted by atomic mass is 16.2.